The lowest BCUT2D eigenvalue weighted by Crippen LogP contribution is -2.37. The number of nitrogens with one attached hydrogen (secondary N) is 1. The van der Waals surface area contributed by atoms with E-state index in [0.717, 1.165) is 0 Å². The topological polar surface area (TPSA) is 84.9 Å². The van der Waals surface area contributed by atoms with Crippen LogP contribution < -0.4 is 5.32 Å². The van der Waals surface area contributed by atoms with Gasteiger partial charge in [-0.1, -0.05) is 30.3 Å². The van der Waals surface area contributed by atoms with Gasteiger partial charge in [0.1, 0.15) is 11.8 Å². The smallest absolute Gasteiger partial charge is 0.351 e. The summed E-state index contributed by atoms with van der Waals surface area (Å²) < 4.78 is 23.7. The van der Waals surface area contributed by atoms with Gasteiger partial charge in [-0.05, 0) is 26.3 Å². The van der Waals surface area contributed by atoms with Gasteiger partial charge in [0.15, 0.2) is 0 Å². The first-order chi connectivity index (χ1) is 9.94. The van der Waals surface area contributed by atoms with Gasteiger partial charge in [-0.3, -0.25) is 14.7 Å². The fraction of sp³-hybridized carbons (Fsp3) is 0.500. The molecule has 0 bridgehead atoms. The molecular weight excluding hydrogens is 293 g/mol. The summed E-state index contributed by atoms with van der Waals surface area (Å²) >= 11 is 0. The van der Waals surface area contributed by atoms with E-state index in [1.165, 1.54) is 6.92 Å². The number of benzene rings is 1. The largest absolute Gasteiger partial charge is 0.480 e. The molecule has 0 aliphatic heterocycles. The number of hydrogen-bond donors (Lipinski definition) is 2. The van der Waals surface area contributed by atoms with Crippen molar-refractivity contribution in [2.24, 2.45) is 0 Å². The minimum atomic E-state index is -3.52. The average Bonchev–Trinajstić information content (AvgIpc) is 2.45. The molecule has 0 heterocycles. The highest BCUT2D eigenvalue weighted by atomic mass is 31.2. The van der Waals surface area contributed by atoms with E-state index in [2.05, 4.69) is 5.32 Å². The van der Waals surface area contributed by atoms with Crippen molar-refractivity contribution >= 4 is 13.6 Å². The molecule has 6 nitrogen and oxygen atoms in total. The second-order valence-corrected chi connectivity index (χ2v) is 6.53. The van der Waals surface area contributed by atoms with Crippen LogP contribution in [0.25, 0.3) is 0 Å². The Bertz CT molecular complexity index is 483. The van der Waals surface area contributed by atoms with Crippen molar-refractivity contribution in [2.75, 3.05) is 13.2 Å². The molecule has 2 N–H and O–H groups in total. The van der Waals surface area contributed by atoms with E-state index in [1.807, 2.05) is 6.07 Å². The maximum Gasteiger partial charge on any atom is 0.351 e. The first-order valence-electron chi connectivity index (χ1n) is 6.87. The third-order valence-electron chi connectivity index (χ3n) is 2.83. The van der Waals surface area contributed by atoms with Gasteiger partial charge in [0.05, 0.1) is 13.2 Å². The molecule has 0 saturated heterocycles. The Morgan fingerprint density at radius 3 is 2.19 bits per heavy atom. The molecule has 0 aromatic heterocycles. The predicted octanol–water partition coefficient (Wildman–Crippen LogP) is 3.01. The average molecular weight is 315 g/mol. The summed E-state index contributed by atoms with van der Waals surface area (Å²) in [7, 11) is -3.52. The second-order valence-electron chi connectivity index (χ2n) is 4.42. The number of aliphatic carboxylic acids is 1. The maximum absolute atomic E-state index is 13.0. The van der Waals surface area contributed by atoms with Crippen LogP contribution in [0.4, 0.5) is 0 Å². The van der Waals surface area contributed by atoms with Gasteiger partial charge in [0, 0.05) is 0 Å². The van der Waals surface area contributed by atoms with Gasteiger partial charge in [0.2, 0.25) is 0 Å². The van der Waals surface area contributed by atoms with Crippen molar-refractivity contribution in [2.45, 2.75) is 32.6 Å². The van der Waals surface area contributed by atoms with E-state index in [1.54, 1.807) is 38.1 Å². The van der Waals surface area contributed by atoms with E-state index >= 15 is 0 Å². The molecule has 118 valence electrons. The molecule has 0 saturated carbocycles. The van der Waals surface area contributed by atoms with Crippen LogP contribution >= 0.6 is 7.60 Å². The van der Waals surface area contributed by atoms with Crippen LogP contribution in [0.3, 0.4) is 0 Å². The molecule has 0 spiro atoms. The van der Waals surface area contributed by atoms with Crippen LogP contribution in [-0.2, 0) is 18.4 Å². The molecule has 21 heavy (non-hydrogen) atoms. The summed E-state index contributed by atoms with van der Waals surface area (Å²) in [6, 6.07) is 8.04. The first-order valence-corrected chi connectivity index (χ1v) is 8.48. The maximum atomic E-state index is 13.0. The van der Waals surface area contributed by atoms with Crippen molar-refractivity contribution in [3.63, 3.8) is 0 Å². The third-order valence-corrected chi connectivity index (χ3v) is 5.14. The minimum Gasteiger partial charge on any atom is -0.480 e. The van der Waals surface area contributed by atoms with Crippen molar-refractivity contribution in [1.29, 1.82) is 0 Å². The molecule has 1 rings (SSSR count). The number of carboxylic acid groups (broad SMARTS) is 1. The van der Waals surface area contributed by atoms with Gasteiger partial charge in [-0.2, -0.15) is 0 Å². The molecule has 1 aromatic carbocycles. The number of carbonyl (C=O) groups is 1. The number of rotatable bonds is 9. The summed E-state index contributed by atoms with van der Waals surface area (Å²) in [5, 5.41) is 11.9. The van der Waals surface area contributed by atoms with E-state index < -0.39 is 25.4 Å². The van der Waals surface area contributed by atoms with Crippen LogP contribution in [0.15, 0.2) is 30.3 Å². The SMILES string of the molecule is CCOP(=O)(OCC)C(NC(C)C(=O)O)c1ccccc1. The quantitative estimate of drug-likeness (QED) is 0.681. The Hall–Kier alpha value is -1.20. The van der Waals surface area contributed by atoms with Gasteiger partial charge >= 0.3 is 13.6 Å². The van der Waals surface area contributed by atoms with Gasteiger partial charge < -0.3 is 14.2 Å². The summed E-state index contributed by atoms with van der Waals surface area (Å²) in [4.78, 5) is 11.1. The zero-order valence-electron chi connectivity index (χ0n) is 12.5. The lowest BCUT2D eigenvalue weighted by Gasteiger charge is -2.28. The number of hydrogen-bond acceptors (Lipinski definition) is 5. The Labute approximate surface area is 125 Å². The molecule has 2 unspecified atom stereocenters. The Kier molecular flexibility index (Phi) is 7.05. The summed E-state index contributed by atoms with van der Waals surface area (Å²) in [5.41, 5.74) is 0.663. The van der Waals surface area contributed by atoms with Crippen molar-refractivity contribution < 1.29 is 23.5 Å². The van der Waals surface area contributed by atoms with Crippen LogP contribution in [-0.4, -0.2) is 30.3 Å². The normalized spacial score (nSPS) is 14.6. The minimum absolute atomic E-state index is 0.212. The summed E-state index contributed by atoms with van der Waals surface area (Å²) in [6.45, 7) is 5.34. The van der Waals surface area contributed by atoms with E-state index in [0.29, 0.717) is 5.56 Å². The first kappa shape index (κ1) is 17.9. The molecule has 0 aliphatic carbocycles. The fourth-order valence-corrected chi connectivity index (χ4v) is 3.90. The van der Waals surface area contributed by atoms with E-state index in [9.17, 15) is 9.36 Å². The van der Waals surface area contributed by atoms with Crippen LogP contribution in [0.2, 0.25) is 0 Å². The Morgan fingerprint density at radius 1 is 1.24 bits per heavy atom. The zero-order chi connectivity index (χ0) is 15.9. The van der Waals surface area contributed by atoms with Crippen molar-refractivity contribution in [3.8, 4) is 0 Å². The highest BCUT2D eigenvalue weighted by Gasteiger charge is 2.38. The molecular formula is C14H22NO5P. The molecule has 0 fully saturated rings. The lowest BCUT2D eigenvalue weighted by atomic mass is 10.2. The monoisotopic (exact) mass is 315 g/mol. The van der Waals surface area contributed by atoms with Gasteiger partial charge in [-0.15, -0.1) is 0 Å². The highest BCUT2D eigenvalue weighted by Crippen LogP contribution is 2.59. The van der Waals surface area contributed by atoms with E-state index in [-0.39, 0.29) is 13.2 Å². The molecule has 0 aliphatic rings. The van der Waals surface area contributed by atoms with Gasteiger partial charge in [-0.25, -0.2) is 0 Å². The fourth-order valence-electron chi connectivity index (χ4n) is 1.86. The molecule has 2 atom stereocenters. The van der Waals surface area contributed by atoms with Crippen molar-refractivity contribution in [1.82, 2.24) is 5.32 Å². The zero-order valence-corrected chi connectivity index (χ0v) is 13.4. The predicted molar refractivity (Wildman–Crippen MR) is 80.3 cm³/mol. The van der Waals surface area contributed by atoms with Crippen LogP contribution in [0.5, 0.6) is 0 Å². The summed E-state index contributed by atoms with van der Waals surface area (Å²) in [6.07, 6.45) is 0. The van der Waals surface area contributed by atoms with Gasteiger partial charge in [0.25, 0.3) is 0 Å². The van der Waals surface area contributed by atoms with Crippen molar-refractivity contribution in [3.05, 3.63) is 35.9 Å². The standard InChI is InChI=1S/C14H22NO5P/c1-4-19-21(18,20-5-2)13(15-11(3)14(16)17)12-9-7-6-8-10-12/h6-11,13,15H,4-5H2,1-3H3,(H,16,17). The Morgan fingerprint density at radius 2 is 1.76 bits per heavy atom. The number of carboxylic acids is 1. The van der Waals surface area contributed by atoms with Crippen LogP contribution in [0, 0.1) is 0 Å². The lowest BCUT2D eigenvalue weighted by molar-refractivity contribution is -0.139. The highest BCUT2D eigenvalue weighted by molar-refractivity contribution is 7.54. The molecule has 0 radical (unpaired) electrons. The second kappa shape index (κ2) is 8.29. The molecule has 1 aromatic rings. The third kappa shape index (κ3) is 4.93. The Balaban J connectivity index is 3.16. The van der Waals surface area contributed by atoms with E-state index in [4.69, 9.17) is 14.2 Å². The summed E-state index contributed by atoms with van der Waals surface area (Å²) in [5.74, 6) is -1.86. The molecule has 7 heteroatoms. The van der Waals surface area contributed by atoms with Crippen LogP contribution in [0.1, 0.15) is 32.1 Å². The molecule has 0 amide bonds.